The summed E-state index contributed by atoms with van der Waals surface area (Å²) < 4.78 is 4.69. The van der Waals surface area contributed by atoms with Gasteiger partial charge in [0.15, 0.2) is 0 Å². The highest BCUT2D eigenvalue weighted by atomic mass is 16.5. The number of carbonyl (C=O) groups excluding carboxylic acids is 1. The maximum atomic E-state index is 10.0. The van der Waals surface area contributed by atoms with Crippen LogP contribution in [-0.4, -0.2) is 18.1 Å². The van der Waals surface area contributed by atoms with Crippen LogP contribution >= 0.6 is 0 Å². The Morgan fingerprint density at radius 3 is 2.93 bits per heavy atom. The quantitative estimate of drug-likeness (QED) is 0.611. The molecule has 15 heavy (non-hydrogen) atoms. The van der Waals surface area contributed by atoms with Crippen molar-refractivity contribution in [3.63, 3.8) is 0 Å². The molecule has 1 heterocycles. The van der Waals surface area contributed by atoms with Gasteiger partial charge in [-0.3, -0.25) is 4.79 Å². The Kier molecular flexibility index (Phi) is 2.72. The fourth-order valence-electron chi connectivity index (χ4n) is 1.80. The lowest BCUT2D eigenvalue weighted by atomic mass is 10.1. The number of ether oxygens (including phenoxy) is 1. The monoisotopic (exact) mass is 203 g/mol. The second kappa shape index (κ2) is 4.17. The van der Waals surface area contributed by atoms with E-state index in [0.29, 0.717) is 13.1 Å². The van der Waals surface area contributed by atoms with Crippen LogP contribution in [0.4, 0.5) is 0 Å². The molecule has 0 spiro atoms. The van der Waals surface area contributed by atoms with Crippen molar-refractivity contribution in [2.45, 2.75) is 13.3 Å². The lowest BCUT2D eigenvalue weighted by Crippen LogP contribution is -1.98. The number of aromatic nitrogens is 1. The van der Waals surface area contributed by atoms with E-state index in [9.17, 15) is 4.79 Å². The number of aryl methyl sites for hydroxylation is 1. The SMILES string of the molecule is Cc1c(CCOC=O)[nH]c2ccccc12. The molecule has 2 rings (SSSR count). The molecule has 0 radical (unpaired) electrons. The second-order valence-electron chi connectivity index (χ2n) is 3.49. The molecule has 0 aliphatic carbocycles. The molecule has 2 aromatic rings. The zero-order valence-electron chi connectivity index (χ0n) is 8.62. The number of hydrogen-bond acceptors (Lipinski definition) is 2. The third kappa shape index (κ3) is 1.86. The molecule has 0 amide bonds. The molecule has 0 fully saturated rings. The zero-order valence-corrected chi connectivity index (χ0v) is 8.62. The summed E-state index contributed by atoms with van der Waals surface area (Å²) >= 11 is 0. The van der Waals surface area contributed by atoms with Gasteiger partial charge in [0.2, 0.25) is 0 Å². The molecule has 0 aliphatic rings. The first-order chi connectivity index (χ1) is 7.33. The average molecular weight is 203 g/mol. The summed E-state index contributed by atoms with van der Waals surface area (Å²) in [4.78, 5) is 13.3. The smallest absolute Gasteiger partial charge is 0.293 e. The van der Waals surface area contributed by atoms with Gasteiger partial charge >= 0.3 is 0 Å². The molecule has 0 atom stereocenters. The number of aromatic amines is 1. The number of para-hydroxylation sites is 1. The second-order valence-corrected chi connectivity index (χ2v) is 3.49. The third-order valence-electron chi connectivity index (χ3n) is 2.61. The highest BCUT2D eigenvalue weighted by Gasteiger charge is 2.06. The molecule has 1 N–H and O–H groups in total. The topological polar surface area (TPSA) is 42.1 Å². The minimum atomic E-state index is 0.428. The summed E-state index contributed by atoms with van der Waals surface area (Å²) in [6, 6.07) is 8.16. The molecule has 0 saturated carbocycles. The van der Waals surface area contributed by atoms with E-state index in [1.165, 1.54) is 10.9 Å². The summed E-state index contributed by atoms with van der Waals surface area (Å²) in [5.41, 5.74) is 3.51. The van der Waals surface area contributed by atoms with E-state index in [0.717, 1.165) is 17.6 Å². The average Bonchev–Trinajstić information content (AvgIpc) is 2.57. The van der Waals surface area contributed by atoms with Gasteiger partial charge in [-0.1, -0.05) is 18.2 Å². The number of hydrogen-bond donors (Lipinski definition) is 1. The molecule has 78 valence electrons. The molecular formula is C12H13NO2. The summed E-state index contributed by atoms with van der Waals surface area (Å²) in [6.07, 6.45) is 0.735. The van der Waals surface area contributed by atoms with Gasteiger partial charge in [-0.2, -0.15) is 0 Å². The Morgan fingerprint density at radius 1 is 1.40 bits per heavy atom. The molecule has 0 bridgehead atoms. The van der Waals surface area contributed by atoms with E-state index in [1.54, 1.807) is 0 Å². The molecule has 3 nitrogen and oxygen atoms in total. The fourth-order valence-corrected chi connectivity index (χ4v) is 1.80. The normalized spacial score (nSPS) is 10.5. The van der Waals surface area contributed by atoms with Crippen molar-refractivity contribution in [2.24, 2.45) is 0 Å². The van der Waals surface area contributed by atoms with Crippen molar-refractivity contribution in [1.82, 2.24) is 4.98 Å². The molecular weight excluding hydrogens is 190 g/mol. The first-order valence-electron chi connectivity index (χ1n) is 4.94. The maximum Gasteiger partial charge on any atom is 0.293 e. The molecule has 3 heteroatoms. The first kappa shape index (κ1) is 9.77. The van der Waals surface area contributed by atoms with Crippen LogP contribution in [0.15, 0.2) is 24.3 Å². The Morgan fingerprint density at radius 2 is 2.20 bits per heavy atom. The van der Waals surface area contributed by atoms with Gasteiger partial charge in [0.25, 0.3) is 6.47 Å². The molecule has 1 aromatic carbocycles. The van der Waals surface area contributed by atoms with Crippen molar-refractivity contribution in [3.8, 4) is 0 Å². The number of rotatable bonds is 4. The highest BCUT2D eigenvalue weighted by molar-refractivity contribution is 5.84. The van der Waals surface area contributed by atoms with Crippen molar-refractivity contribution < 1.29 is 9.53 Å². The predicted octanol–water partition coefficient (Wildman–Crippen LogP) is 2.19. The summed E-state index contributed by atoms with van der Waals surface area (Å²) in [7, 11) is 0. The predicted molar refractivity (Wildman–Crippen MR) is 58.8 cm³/mol. The third-order valence-corrected chi connectivity index (χ3v) is 2.61. The van der Waals surface area contributed by atoms with Crippen LogP contribution in [0.2, 0.25) is 0 Å². The molecule has 0 saturated heterocycles. The van der Waals surface area contributed by atoms with Crippen LogP contribution in [0, 0.1) is 6.92 Å². The van der Waals surface area contributed by atoms with Crippen LogP contribution in [0.25, 0.3) is 10.9 Å². The molecule has 0 unspecified atom stereocenters. The Bertz CT molecular complexity index is 473. The van der Waals surface area contributed by atoms with Gasteiger partial charge in [0, 0.05) is 23.0 Å². The lowest BCUT2D eigenvalue weighted by Gasteiger charge is -1.98. The van der Waals surface area contributed by atoms with Gasteiger partial charge < -0.3 is 9.72 Å². The highest BCUT2D eigenvalue weighted by Crippen LogP contribution is 2.21. The first-order valence-corrected chi connectivity index (χ1v) is 4.94. The van der Waals surface area contributed by atoms with Crippen LogP contribution in [-0.2, 0) is 16.0 Å². The summed E-state index contributed by atoms with van der Waals surface area (Å²) in [5.74, 6) is 0. The van der Waals surface area contributed by atoms with Crippen LogP contribution < -0.4 is 0 Å². The maximum absolute atomic E-state index is 10.0. The van der Waals surface area contributed by atoms with Crippen molar-refractivity contribution in [2.75, 3.05) is 6.61 Å². The Balaban J connectivity index is 2.27. The Labute approximate surface area is 88.1 Å². The van der Waals surface area contributed by atoms with Crippen LogP contribution in [0.5, 0.6) is 0 Å². The summed E-state index contributed by atoms with van der Waals surface area (Å²) in [5, 5.41) is 1.23. The number of nitrogens with one attached hydrogen (secondary N) is 1. The van der Waals surface area contributed by atoms with E-state index in [-0.39, 0.29) is 0 Å². The van der Waals surface area contributed by atoms with Crippen molar-refractivity contribution in [1.29, 1.82) is 0 Å². The minimum Gasteiger partial charge on any atom is -0.467 e. The number of benzene rings is 1. The van der Waals surface area contributed by atoms with Gasteiger partial charge in [0.1, 0.15) is 0 Å². The van der Waals surface area contributed by atoms with Crippen molar-refractivity contribution >= 4 is 17.4 Å². The van der Waals surface area contributed by atoms with Gasteiger partial charge in [0.05, 0.1) is 6.61 Å². The Hall–Kier alpha value is -1.77. The van der Waals surface area contributed by atoms with E-state index < -0.39 is 0 Å². The van der Waals surface area contributed by atoms with E-state index in [4.69, 9.17) is 0 Å². The fraction of sp³-hybridized carbons (Fsp3) is 0.250. The number of H-pyrrole nitrogens is 1. The van der Waals surface area contributed by atoms with E-state index in [1.807, 2.05) is 18.2 Å². The van der Waals surface area contributed by atoms with Gasteiger partial charge in [-0.25, -0.2) is 0 Å². The molecule has 0 aliphatic heterocycles. The zero-order chi connectivity index (χ0) is 10.7. The largest absolute Gasteiger partial charge is 0.467 e. The van der Waals surface area contributed by atoms with Crippen molar-refractivity contribution in [3.05, 3.63) is 35.5 Å². The van der Waals surface area contributed by atoms with Gasteiger partial charge in [-0.15, -0.1) is 0 Å². The number of fused-ring (bicyclic) bond motifs is 1. The lowest BCUT2D eigenvalue weighted by molar-refractivity contribution is -0.128. The van der Waals surface area contributed by atoms with E-state index >= 15 is 0 Å². The molecule has 1 aromatic heterocycles. The van der Waals surface area contributed by atoms with Crippen LogP contribution in [0.1, 0.15) is 11.3 Å². The standard InChI is InChI=1S/C12H13NO2/c1-9-10-4-2-3-5-12(10)13-11(9)6-7-15-8-14/h2-5,8,13H,6-7H2,1H3. The number of carbonyl (C=O) groups is 1. The van der Waals surface area contributed by atoms with E-state index in [2.05, 4.69) is 22.7 Å². The summed E-state index contributed by atoms with van der Waals surface area (Å²) in [6.45, 7) is 2.99. The van der Waals surface area contributed by atoms with Gasteiger partial charge in [-0.05, 0) is 18.6 Å². The van der Waals surface area contributed by atoms with Crippen LogP contribution in [0.3, 0.4) is 0 Å². The minimum absolute atomic E-state index is 0.428.